The summed E-state index contributed by atoms with van der Waals surface area (Å²) in [5.41, 5.74) is 3.86. The normalized spacial score (nSPS) is 22.4. The summed E-state index contributed by atoms with van der Waals surface area (Å²) in [7, 11) is 1.98. The maximum atomic E-state index is 12.6. The first-order valence-corrected chi connectivity index (χ1v) is 14.6. The molecule has 4 rings (SSSR count). The Morgan fingerprint density at radius 1 is 0.977 bits per heavy atom. The Morgan fingerprint density at radius 3 is 2.33 bits per heavy atom. The smallest absolute Gasteiger partial charge is 0.303 e. The number of benzene rings is 3. The number of amides is 1. The summed E-state index contributed by atoms with van der Waals surface area (Å²) in [5.74, 6) is -1.03. The molecule has 9 heteroatoms. The van der Waals surface area contributed by atoms with Gasteiger partial charge >= 0.3 is 5.97 Å². The third-order valence-electron chi connectivity index (χ3n) is 8.02. The van der Waals surface area contributed by atoms with E-state index in [1.165, 1.54) is 13.8 Å². The van der Waals surface area contributed by atoms with Crippen LogP contribution < -0.4 is 5.32 Å². The number of aliphatic hydroxyl groups is 2. The molecule has 3 aromatic carbocycles. The molecule has 3 N–H and O–H groups in total. The molecule has 1 aliphatic heterocycles. The van der Waals surface area contributed by atoms with Crippen molar-refractivity contribution < 1.29 is 34.0 Å². The number of carbonyl (C=O) groups excluding carboxylic acids is 2. The van der Waals surface area contributed by atoms with E-state index in [0.717, 1.165) is 16.7 Å². The highest BCUT2D eigenvalue weighted by molar-refractivity contribution is 5.95. The van der Waals surface area contributed by atoms with Crippen LogP contribution in [0.5, 0.6) is 0 Å². The Labute approximate surface area is 253 Å². The molecule has 0 bridgehead atoms. The minimum Gasteiger partial charge on any atom is -0.453 e. The summed E-state index contributed by atoms with van der Waals surface area (Å²) in [5, 5.41) is 23.4. The highest BCUT2D eigenvalue weighted by Gasteiger charge is 2.39. The van der Waals surface area contributed by atoms with E-state index in [9.17, 15) is 19.8 Å². The highest BCUT2D eigenvalue weighted by atomic mass is 16.7. The zero-order valence-corrected chi connectivity index (χ0v) is 25.3. The van der Waals surface area contributed by atoms with Crippen LogP contribution in [0.25, 0.3) is 0 Å². The van der Waals surface area contributed by atoms with Crippen LogP contribution in [0, 0.1) is 5.92 Å². The molecule has 0 aliphatic carbocycles. The molecule has 230 valence electrons. The number of nitrogens with one attached hydrogen (secondary N) is 1. The summed E-state index contributed by atoms with van der Waals surface area (Å²) < 4.78 is 18.1. The average Bonchev–Trinajstić information content (AvgIpc) is 3.01. The molecular weight excluding hydrogens is 548 g/mol. The molecule has 0 spiro atoms. The number of likely N-dealkylation sites (N-methyl/N-ethyl adjacent to an activating group) is 1. The summed E-state index contributed by atoms with van der Waals surface area (Å²) in [4.78, 5) is 25.9. The molecule has 0 aromatic heterocycles. The Bertz CT molecular complexity index is 1350. The van der Waals surface area contributed by atoms with Crippen LogP contribution in [-0.4, -0.2) is 58.8 Å². The number of rotatable bonds is 11. The predicted molar refractivity (Wildman–Crippen MR) is 163 cm³/mol. The summed E-state index contributed by atoms with van der Waals surface area (Å²) in [6.45, 7) is 7.34. The topological polar surface area (TPSA) is 118 Å². The Kier molecular flexibility index (Phi) is 11.1. The number of hydrogen-bond acceptors (Lipinski definition) is 8. The average molecular weight is 591 g/mol. The third-order valence-corrected chi connectivity index (χ3v) is 8.02. The quantitative estimate of drug-likeness (QED) is 0.270. The molecule has 1 heterocycles. The first-order chi connectivity index (χ1) is 20.6. The Hall–Kier alpha value is -3.60. The second-order valence-corrected chi connectivity index (χ2v) is 11.2. The second-order valence-electron chi connectivity index (χ2n) is 11.2. The fraction of sp³-hybridized carbons (Fsp3) is 0.412. The lowest BCUT2D eigenvalue weighted by Gasteiger charge is -2.43. The van der Waals surface area contributed by atoms with Crippen LogP contribution in [0.3, 0.4) is 0 Å². The number of hydrogen-bond donors (Lipinski definition) is 3. The molecular formula is C34H42N2O7. The van der Waals surface area contributed by atoms with E-state index in [1.54, 1.807) is 18.2 Å². The predicted octanol–water partition coefficient (Wildman–Crippen LogP) is 4.91. The van der Waals surface area contributed by atoms with Gasteiger partial charge in [0.25, 0.3) is 5.91 Å². The number of ether oxygens (including phenoxy) is 3. The van der Waals surface area contributed by atoms with E-state index in [2.05, 4.69) is 17.1 Å². The number of esters is 1. The van der Waals surface area contributed by atoms with Crippen LogP contribution >= 0.6 is 0 Å². The van der Waals surface area contributed by atoms with Crippen molar-refractivity contribution in [3.05, 3.63) is 101 Å². The van der Waals surface area contributed by atoms with Crippen molar-refractivity contribution in [1.29, 1.82) is 0 Å². The minimum atomic E-state index is -0.941. The fourth-order valence-electron chi connectivity index (χ4n) is 5.26. The van der Waals surface area contributed by atoms with E-state index in [-0.39, 0.29) is 30.8 Å². The lowest BCUT2D eigenvalue weighted by atomic mass is 9.89. The van der Waals surface area contributed by atoms with Gasteiger partial charge in [-0.25, -0.2) is 0 Å². The van der Waals surface area contributed by atoms with Crippen LogP contribution in [0.2, 0.25) is 0 Å². The lowest BCUT2D eigenvalue weighted by Crippen LogP contribution is -2.46. The summed E-state index contributed by atoms with van der Waals surface area (Å²) in [6.07, 6.45) is -2.94. The van der Waals surface area contributed by atoms with Gasteiger partial charge < -0.3 is 29.7 Å². The molecule has 43 heavy (non-hydrogen) atoms. The van der Waals surface area contributed by atoms with E-state index in [1.807, 2.05) is 74.6 Å². The molecule has 1 fully saturated rings. The lowest BCUT2D eigenvalue weighted by molar-refractivity contribution is -0.276. The van der Waals surface area contributed by atoms with Gasteiger partial charge in [-0.3, -0.25) is 14.5 Å². The number of anilines is 1. The van der Waals surface area contributed by atoms with Crippen molar-refractivity contribution in [2.45, 2.75) is 71.0 Å². The molecule has 0 saturated carbocycles. The van der Waals surface area contributed by atoms with Gasteiger partial charge in [0.1, 0.15) is 0 Å². The summed E-state index contributed by atoms with van der Waals surface area (Å²) >= 11 is 0. The standard InChI is InChI=1S/C34H42N2O7/c1-21-30(19-36(5)22(2)31(39)26-10-7-6-8-11-26)42-34(43-32(21)27-16-14-25(20-37)15-17-27)28-12-9-13-29(18-28)35-33(40)23(3)41-24(4)38/h6-18,21-23,30-32,34,37,39H,19-20H2,1-5H3,(H,35,40)/t21-,22-,23+,30+,31-,32+,34+/m1/s1. The van der Waals surface area contributed by atoms with E-state index in [0.29, 0.717) is 17.8 Å². The van der Waals surface area contributed by atoms with Gasteiger partial charge in [0.05, 0.1) is 24.9 Å². The van der Waals surface area contributed by atoms with Crippen molar-refractivity contribution in [2.75, 3.05) is 18.9 Å². The SMILES string of the molecule is CC(=O)O[C@@H](C)C(=O)Nc1cccc([C@H]2O[C@@H](CN(C)[C@H](C)[C@@H](O)c3ccccc3)[C@@H](C)[C@@H](c3ccc(CO)cc3)O2)c1. The van der Waals surface area contributed by atoms with Crippen LogP contribution in [0.4, 0.5) is 5.69 Å². The van der Waals surface area contributed by atoms with Gasteiger partial charge in [-0.05, 0) is 49.7 Å². The number of nitrogens with zero attached hydrogens (tertiary/aromatic N) is 1. The van der Waals surface area contributed by atoms with Gasteiger partial charge in [-0.15, -0.1) is 0 Å². The Morgan fingerprint density at radius 2 is 1.67 bits per heavy atom. The molecule has 3 aromatic rings. The minimum absolute atomic E-state index is 0.0449. The molecule has 1 aliphatic rings. The maximum Gasteiger partial charge on any atom is 0.303 e. The molecule has 0 radical (unpaired) electrons. The highest BCUT2D eigenvalue weighted by Crippen LogP contribution is 2.42. The molecule has 1 amide bonds. The van der Waals surface area contributed by atoms with Crippen molar-refractivity contribution in [2.24, 2.45) is 5.92 Å². The van der Waals surface area contributed by atoms with Crippen molar-refractivity contribution >= 4 is 17.6 Å². The molecule has 0 unspecified atom stereocenters. The largest absolute Gasteiger partial charge is 0.453 e. The van der Waals surface area contributed by atoms with E-state index in [4.69, 9.17) is 14.2 Å². The zero-order valence-electron chi connectivity index (χ0n) is 25.3. The van der Waals surface area contributed by atoms with Crippen molar-refractivity contribution in [3.8, 4) is 0 Å². The third kappa shape index (κ3) is 8.28. The first kappa shape index (κ1) is 32.3. The van der Waals surface area contributed by atoms with E-state index < -0.39 is 30.4 Å². The van der Waals surface area contributed by atoms with Crippen molar-refractivity contribution in [1.82, 2.24) is 4.90 Å². The van der Waals surface area contributed by atoms with Crippen LogP contribution in [0.15, 0.2) is 78.9 Å². The Balaban J connectivity index is 1.57. The van der Waals surface area contributed by atoms with Crippen LogP contribution in [-0.2, 0) is 30.4 Å². The number of aliphatic hydroxyl groups excluding tert-OH is 2. The van der Waals surface area contributed by atoms with Crippen LogP contribution in [0.1, 0.15) is 68.4 Å². The van der Waals surface area contributed by atoms with Crippen molar-refractivity contribution in [3.63, 3.8) is 0 Å². The van der Waals surface area contributed by atoms with Gasteiger partial charge in [0.15, 0.2) is 12.4 Å². The van der Waals surface area contributed by atoms with Gasteiger partial charge in [0, 0.05) is 36.7 Å². The fourth-order valence-corrected chi connectivity index (χ4v) is 5.26. The monoisotopic (exact) mass is 590 g/mol. The second kappa shape index (κ2) is 14.7. The van der Waals surface area contributed by atoms with Gasteiger partial charge in [-0.1, -0.05) is 73.7 Å². The molecule has 1 saturated heterocycles. The molecule has 7 atom stereocenters. The number of carbonyl (C=O) groups is 2. The first-order valence-electron chi connectivity index (χ1n) is 14.6. The van der Waals surface area contributed by atoms with E-state index >= 15 is 0 Å². The molecule has 9 nitrogen and oxygen atoms in total. The zero-order chi connectivity index (χ0) is 31.1. The van der Waals surface area contributed by atoms with Gasteiger partial charge in [-0.2, -0.15) is 0 Å². The summed E-state index contributed by atoms with van der Waals surface area (Å²) in [6, 6.07) is 24.3. The van der Waals surface area contributed by atoms with Gasteiger partial charge in [0.2, 0.25) is 0 Å². The maximum absolute atomic E-state index is 12.6.